The molecule has 2 aromatic rings. The van der Waals surface area contributed by atoms with Crippen molar-refractivity contribution < 1.29 is 19.2 Å². The van der Waals surface area contributed by atoms with E-state index in [1.54, 1.807) is 12.1 Å². The van der Waals surface area contributed by atoms with Gasteiger partial charge in [-0.15, -0.1) is 0 Å². The van der Waals surface area contributed by atoms with Crippen LogP contribution in [0.4, 0.5) is 0 Å². The van der Waals surface area contributed by atoms with Crippen molar-refractivity contribution in [2.24, 2.45) is 0 Å². The fraction of sp³-hybridized carbons (Fsp3) is 0.333. The Bertz CT molecular complexity index is 1050. The maximum atomic E-state index is 12.9. The molecule has 0 spiro atoms. The van der Waals surface area contributed by atoms with E-state index in [0.29, 0.717) is 17.7 Å². The van der Waals surface area contributed by atoms with Crippen LogP contribution in [-0.4, -0.2) is 54.2 Å². The third kappa shape index (κ3) is 4.46. The summed E-state index contributed by atoms with van der Waals surface area (Å²) in [5.74, 6) is -1.96. The minimum absolute atomic E-state index is 0.106. The molecule has 1 fully saturated rings. The Hall–Kier alpha value is -3.36. The highest BCUT2D eigenvalue weighted by Crippen LogP contribution is 2.28. The summed E-state index contributed by atoms with van der Waals surface area (Å²) in [6, 6.07) is 14.7. The second-order valence-electron chi connectivity index (χ2n) is 8.13. The molecule has 8 nitrogen and oxygen atoms in total. The van der Waals surface area contributed by atoms with Crippen molar-refractivity contribution >= 4 is 23.6 Å². The molecule has 1 saturated heterocycles. The van der Waals surface area contributed by atoms with Gasteiger partial charge in [0.05, 0.1) is 11.1 Å². The van der Waals surface area contributed by atoms with Gasteiger partial charge in [0.2, 0.25) is 11.8 Å². The fourth-order valence-electron chi connectivity index (χ4n) is 4.19. The van der Waals surface area contributed by atoms with Crippen molar-refractivity contribution in [3.05, 3.63) is 70.8 Å². The van der Waals surface area contributed by atoms with Gasteiger partial charge in [-0.25, -0.2) is 0 Å². The molecule has 32 heavy (non-hydrogen) atoms. The molecular formula is C24H26N4O4. The van der Waals surface area contributed by atoms with Gasteiger partial charge in [0.15, 0.2) is 0 Å². The number of nitrogens with zero attached hydrogens (tertiary/aromatic N) is 1. The smallest absolute Gasteiger partial charge is 0.262 e. The number of amides is 4. The average molecular weight is 434 g/mol. The molecular weight excluding hydrogens is 408 g/mol. The Morgan fingerprint density at radius 1 is 1.00 bits per heavy atom. The highest BCUT2D eigenvalue weighted by Gasteiger charge is 2.44. The van der Waals surface area contributed by atoms with E-state index in [1.807, 2.05) is 31.3 Å². The van der Waals surface area contributed by atoms with Crippen LogP contribution in [-0.2, 0) is 22.6 Å². The maximum Gasteiger partial charge on any atom is 0.262 e. The van der Waals surface area contributed by atoms with E-state index in [0.717, 1.165) is 23.4 Å². The highest BCUT2D eigenvalue weighted by molar-refractivity contribution is 6.23. The summed E-state index contributed by atoms with van der Waals surface area (Å²) in [5.41, 5.74) is 2.72. The van der Waals surface area contributed by atoms with Crippen molar-refractivity contribution in [1.29, 1.82) is 0 Å². The number of hydrogen-bond donors (Lipinski definition) is 3. The van der Waals surface area contributed by atoms with Crippen LogP contribution in [0.1, 0.15) is 44.7 Å². The fourth-order valence-corrected chi connectivity index (χ4v) is 4.19. The first-order valence-corrected chi connectivity index (χ1v) is 10.7. The predicted octanol–water partition coefficient (Wildman–Crippen LogP) is 1.01. The number of carbonyl (C=O) groups excluding carboxylic acids is 4. The Morgan fingerprint density at radius 3 is 2.47 bits per heavy atom. The number of likely N-dealkylation sites (N-methyl/N-ethyl adjacent to an activating group) is 1. The molecule has 2 heterocycles. The van der Waals surface area contributed by atoms with Gasteiger partial charge in [-0.2, -0.15) is 0 Å². The van der Waals surface area contributed by atoms with Crippen LogP contribution in [0.2, 0.25) is 0 Å². The first-order valence-electron chi connectivity index (χ1n) is 10.7. The molecule has 0 aliphatic carbocycles. The summed E-state index contributed by atoms with van der Waals surface area (Å²) in [4.78, 5) is 50.3. The van der Waals surface area contributed by atoms with Crippen LogP contribution in [0.15, 0.2) is 48.5 Å². The van der Waals surface area contributed by atoms with Gasteiger partial charge >= 0.3 is 0 Å². The zero-order valence-electron chi connectivity index (χ0n) is 17.9. The van der Waals surface area contributed by atoms with Crippen LogP contribution in [0.3, 0.4) is 0 Å². The molecule has 0 bridgehead atoms. The topological polar surface area (TPSA) is 108 Å². The highest BCUT2D eigenvalue weighted by atomic mass is 16.2. The van der Waals surface area contributed by atoms with E-state index < -0.39 is 23.8 Å². The molecule has 166 valence electrons. The van der Waals surface area contributed by atoms with Gasteiger partial charge in [-0.05, 0) is 43.1 Å². The monoisotopic (exact) mass is 434 g/mol. The number of benzene rings is 2. The summed E-state index contributed by atoms with van der Waals surface area (Å²) in [6.45, 7) is 1.28. The molecule has 2 aliphatic heterocycles. The van der Waals surface area contributed by atoms with Crippen LogP contribution in [0, 0.1) is 0 Å². The number of hydrogen-bond acceptors (Lipinski definition) is 6. The van der Waals surface area contributed by atoms with E-state index in [4.69, 9.17) is 0 Å². The zero-order valence-corrected chi connectivity index (χ0v) is 17.9. The normalized spacial score (nSPS) is 19.2. The van der Waals surface area contributed by atoms with Crippen LogP contribution in [0.25, 0.3) is 0 Å². The largest absolute Gasteiger partial charge is 0.315 e. The average Bonchev–Trinajstić information content (AvgIpc) is 3.03. The molecule has 3 N–H and O–H groups in total. The van der Waals surface area contributed by atoms with Gasteiger partial charge in [0.1, 0.15) is 6.04 Å². The lowest BCUT2D eigenvalue weighted by atomic mass is 10.0. The van der Waals surface area contributed by atoms with Gasteiger partial charge in [-0.1, -0.05) is 36.4 Å². The minimum Gasteiger partial charge on any atom is -0.315 e. The Labute approximate surface area is 186 Å². The van der Waals surface area contributed by atoms with Crippen LogP contribution < -0.4 is 16.0 Å². The first kappa shape index (κ1) is 21.9. The second kappa shape index (κ2) is 9.42. The summed E-state index contributed by atoms with van der Waals surface area (Å²) in [5, 5.41) is 8.92. The van der Waals surface area contributed by atoms with E-state index in [2.05, 4.69) is 28.1 Å². The van der Waals surface area contributed by atoms with E-state index in [-0.39, 0.29) is 24.8 Å². The van der Waals surface area contributed by atoms with E-state index in [9.17, 15) is 19.2 Å². The van der Waals surface area contributed by atoms with Crippen molar-refractivity contribution in [2.75, 3.05) is 13.6 Å². The van der Waals surface area contributed by atoms with Crippen molar-refractivity contribution in [3.63, 3.8) is 0 Å². The second-order valence-corrected chi connectivity index (χ2v) is 8.13. The van der Waals surface area contributed by atoms with Crippen molar-refractivity contribution in [1.82, 2.24) is 20.9 Å². The molecule has 0 aromatic heterocycles. The summed E-state index contributed by atoms with van der Waals surface area (Å²) >= 11 is 0. The molecule has 0 radical (unpaired) electrons. The lowest BCUT2D eigenvalue weighted by Gasteiger charge is -2.27. The number of piperidine rings is 1. The van der Waals surface area contributed by atoms with Crippen LogP contribution >= 0.6 is 0 Å². The molecule has 8 heteroatoms. The lowest BCUT2D eigenvalue weighted by molar-refractivity contribution is -0.136. The standard InChI is InChI=1S/C24H26N4O4/c1-25-17(11-15-5-3-2-4-6-15)14-26-13-16-7-8-18-19(12-16)24(32)28(23(18)31)20-9-10-21(29)27-22(20)30/h2-8,12,17,20,25-26H,9-11,13-14H2,1H3,(H,27,29,30). The molecule has 4 amide bonds. The summed E-state index contributed by atoms with van der Waals surface area (Å²) < 4.78 is 0. The number of nitrogens with one attached hydrogen (secondary N) is 3. The van der Waals surface area contributed by atoms with E-state index >= 15 is 0 Å². The van der Waals surface area contributed by atoms with Crippen molar-refractivity contribution in [2.45, 2.75) is 37.9 Å². The third-order valence-corrected chi connectivity index (χ3v) is 5.96. The number of rotatable bonds is 8. The zero-order chi connectivity index (χ0) is 22.7. The molecule has 2 aliphatic rings. The molecule has 4 rings (SSSR count). The molecule has 2 unspecified atom stereocenters. The Morgan fingerprint density at radius 2 is 1.75 bits per heavy atom. The molecule has 0 saturated carbocycles. The van der Waals surface area contributed by atoms with Gasteiger partial charge in [-0.3, -0.25) is 29.4 Å². The van der Waals surface area contributed by atoms with Gasteiger partial charge < -0.3 is 10.6 Å². The predicted molar refractivity (Wildman–Crippen MR) is 118 cm³/mol. The SMILES string of the molecule is CNC(CNCc1ccc2c(c1)C(=O)N(C1CCC(=O)NC1=O)C2=O)Cc1ccccc1. The van der Waals surface area contributed by atoms with E-state index in [1.165, 1.54) is 5.56 Å². The van der Waals surface area contributed by atoms with Gasteiger partial charge in [0, 0.05) is 25.6 Å². The summed E-state index contributed by atoms with van der Waals surface area (Å²) in [6.07, 6.45) is 1.15. The maximum absolute atomic E-state index is 12.9. The number of carbonyl (C=O) groups is 4. The van der Waals surface area contributed by atoms with Gasteiger partial charge in [0.25, 0.3) is 11.8 Å². The number of fused-ring (bicyclic) bond motifs is 1. The Balaban J connectivity index is 1.39. The van der Waals surface area contributed by atoms with Crippen LogP contribution in [0.5, 0.6) is 0 Å². The quantitative estimate of drug-likeness (QED) is 0.536. The number of imide groups is 2. The lowest BCUT2D eigenvalue weighted by Crippen LogP contribution is -2.54. The van der Waals surface area contributed by atoms with Crippen molar-refractivity contribution in [3.8, 4) is 0 Å². The first-order chi connectivity index (χ1) is 15.5. The third-order valence-electron chi connectivity index (χ3n) is 5.96. The Kier molecular flexibility index (Phi) is 6.43. The summed E-state index contributed by atoms with van der Waals surface area (Å²) in [7, 11) is 1.93. The molecule has 2 aromatic carbocycles. The minimum atomic E-state index is -0.948. The molecule has 2 atom stereocenters.